The standard InChI is InChI=1S/C18H19FN4O2/c1-2-9-20-17(24)15-14-8-3-4-10-23(14)16(22-15)18(25)21-13-7-5-6-12(19)11-13/h2,5-7,11H,1,3-4,8-10H2,(H,20,24)(H,21,25). The summed E-state index contributed by atoms with van der Waals surface area (Å²) in [5.74, 6) is -1.05. The fourth-order valence-corrected chi connectivity index (χ4v) is 2.90. The van der Waals surface area contributed by atoms with E-state index in [1.165, 1.54) is 18.2 Å². The van der Waals surface area contributed by atoms with Crippen LogP contribution in [-0.4, -0.2) is 27.9 Å². The van der Waals surface area contributed by atoms with Crippen LogP contribution in [-0.2, 0) is 13.0 Å². The van der Waals surface area contributed by atoms with Crippen molar-refractivity contribution in [2.75, 3.05) is 11.9 Å². The Morgan fingerprint density at radius 2 is 2.16 bits per heavy atom. The highest BCUT2D eigenvalue weighted by molar-refractivity contribution is 6.03. The number of nitrogens with zero attached hydrogens (tertiary/aromatic N) is 2. The molecule has 1 aliphatic rings. The van der Waals surface area contributed by atoms with E-state index in [0.29, 0.717) is 25.2 Å². The minimum atomic E-state index is -0.462. The van der Waals surface area contributed by atoms with Gasteiger partial charge in [0.2, 0.25) is 0 Å². The van der Waals surface area contributed by atoms with Gasteiger partial charge in [0.05, 0.1) is 5.69 Å². The topological polar surface area (TPSA) is 76.0 Å². The number of carbonyl (C=O) groups is 2. The predicted molar refractivity (Wildman–Crippen MR) is 92.0 cm³/mol. The van der Waals surface area contributed by atoms with Crippen molar-refractivity contribution >= 4 is 17.5 Å². The number of amides is 2. The van der Waals surface area contributed by atoms with Crippen molar-refractivity contribution < 1.29 is 14.0 Å². The average Bonchev–Trinajstić information content (AvgIpc) is 2.99. The van der Waals surface area contributed by atoms with E-state index in [4.69, 9.17) is 0 Å². The Morgan fingerprint density at radius 3 is 2.92 bits per heavy atom. The molecular formula is C18H19FN4O2. The highest BCUT2D eigenvalue weighted by atomic mass is 19.1. The summed E-state index contributed by atoms with van der Waals surface area (Å²) >= 11 is 0. The number of hydrogen-bond acceptors (Lipinski definition) is 3. The minimum Gasteiger partial charge on any atom is -0.347 e. The van der Waals surface area contributed by atoms with E-state index >= 15 is 0 Å². The summed E-state index contributed by atoms with van der Waals surface area (Å²) in [5.41, 5.74) is 1.37. The van der Waals surface area contributed by atoms with Crippen molar-refractivity contribution in [2.24, 2.45) is 0 Å². The van der Waals surface area contributed by atoms with Gasteiger partial charge >= 0.3 is 0 Å². The number of benzene rings is 1. The summed E-state index contributed by atoms with van der Waals surface area (Å²) in [6, 6.07) is 5.64. The maximum absolute atomic E-state index is 13.3. The van der Waals surface area contributed by atoms with E-state index in [0.717, 1.165) is 18.5 Å². The zero-order valence-electron chi connectivity index (χ0n) is 13.7. The quantitative estimate of drug-likeness (QED) is 0.820. The van der Waals surface area contributed by atoms with E-state index in [1.54, 1.807) is 16.7 Å². The zero-order chi connectivity index (χ0) is 17.8. The first-order valence-electron chi connectivity index (χ1n) is 8.15. The SMILES string of the molecule is C=CCNC(=O)c1nc(C(=O)Nc2cccc(F)c2)n2c1CCCC2. The normalized spacial score (nSPS) is 13.0. The second-order valence-electron chi connectivity index (χ2n) is 5.80. The molecule has 1 aliphatic heterocycles. The van der Waals surface area contributed by atoms with Gasteiger partial charge in [-0.15, -0.1) is 6.58 Å². The van der Waals surface area contributed by atoms with Crippen LogP contribution in [0, 0.1) is 5.82 Å². The van der Waals surface area contributed by atoms with Crippen LogP contribution in [0.1, 0.15) is 39.6 Å². The van der Waals surface area contributed by atoms with Gasteiger partial charge in [-0.2, -0.15) is 0 Å². The predicted octanol–water partition coefficient (Wildman–Crippen LogP) is 2.53. The highest BCUT2D eigenvalue weighted by Crippen LogP contribution is 2.22. The Balaban J connectivity index is 1.90. The summed E-state index contributed by atoms with van der Waals surface area (Å²) in [7, 11) is 0. The smallest absolute Gasteiger partial charge is 0.291 e. The molecule has 0 unspecified atom stereocenters. The first-order chi connectivity index (χ1) is 12.1. The Labute approximate surface area is 144 Å². The number of halogens is 1. The zero-order valence-corrected chi connectivity index (χ0v) is 13.7. The molecule has 25 heavy (non-hydrogen) atoms. The minimum absolute atomic E-state index is 0.169. The van der Waals surface area contributed by atoms with Gasteiger partial charge in [-0.25, -0.2) is 9.37 Å². The molecule has 1 aromatic heterocycles. The number of fused-ring (bicyclic) bond motifs is 1. The number of rotatable bonds is 5. The number of nitrogens with one attached hydrogen (secondary N) is 2. The lowest BCUT2D eigenvalue weighted by Gasteiger charge is -2.17. The van der Waals surface area contributed by atoms with Crippen LogP contribution >= 0.6 is 0 Å². The van der Waals surface area contributed by atoms with Crippen molar-refractivity contribution in [2.45, 2.75) is 25.8 Å². The van der Waals surface area contributed by atoms with Gasteiger partial charge in [-0.3, -0.25) is 9.59 Å². The van der Waals surface area contributed by atoms with Crippen LogP contribution in [0.3, 0.4) is 0 Å². The molecule has 1 aromatic carbocycles. The molecule has 0 spiro atoms. The number of hydrogen-bond donors (Lipinski definition) is 2. The van der Waals surface area contributed by atoms with Crippen LogP contribution in [0.25, 0.3) is 0 Å². The molecule has 0 radical (unpaired) electrons. The molecule has 0 saturated heterocycles. The molecule has 0 bridgehead atoms. The van der Waals surface area contributed by atoms with E-state index in [2.05, 4.69) is 22.2 Å². The third-order valence-corrected chi connectivity index (χ3v) is 4.03. The lowest BCUT2D eigenvalue weighted by Crippen LogP contribution is -2.25. The van der Waals surface area contributed by atoms with Gasteiger partial charge in [0.25, 0.3) is 11.8 Å². The summed E-state index contributed by atoms with van der Waals surface area (Å²) in [6.45, 7) is 4.52. The third-order valence-electron chi connectivity index (χ3n) is 4.03. The number of imidazole rings is 1. The first kappa shape index (κ1) is 16.9. The number of carbonyl (C=O) groups excluding carboxylic acids is 2. The lowest BCUT2D eigenvalue weighted by molar-refractivity contribution is 0.0952. The molecule has 6 nitrogen and oxygen atoms in total. The molecule has 2 amide bonds. The summed E-state index contributed by atoms with van der Waals surface area (Å²) in [4.78, 5) is 29.2. The fourth-order valence-electron chi connectivity index (χ4n) is 2.90. The van der Waals surface area contributed by atoms with Gasteiger partial charge in [-0.05, 0) is 37.5 Å². The summed E-state index contributed by atoms with van der Waals surface area (Å²) in [6.07, 6.45) is 4.13. The van der Waals surface area contributed by atoms with Crippen molar-refractivity contribution in [3.63, 3.8) is 0 Å². The van der Waals surface area contributed by atoms with Gasteiger partial charge in [0.15, 0.2) is 5.82 Å². The molecule has 2 aromatic rings. The Kier molecular flexibility index (Phi) is 4.92. The van der Waals surface area contributed by atoms with E-state index in [-0.39, 0.29) is 17.4 Å². The van der Waals surface area contributed by atoms with Crippen LogP contribution < -0.4 is 10.6 Å². The maximum atomic E-state index is 13.3. The van der Waals surface area contributed by atoms with E-state index in [9.17, 15) is 14.0 Å². The number of anilines is 1. The van der Waals surface area contributed by atoms with Gasteiger partial charge in [0.1, 0.15) is 11.5 Å². The average molecular weight is 342 g/mol. The molecule has 0 atom stereocenters. The molecule has 0 saturated carbocycles. The van der Waals surface area contributed by atoms with Crippen molar-refractivity contribution in [3.05, 3.63) is 59.9 Å². The highest BCUT2D eigenvalue weighted by Gasteiger charge is 2.27. The molecule has 7 heteroatoms. The van der Waals surface area contributed by atoms with Crippen LogP contribution in [0.2, 0.25) is 0 Å². The lowest BCUT2D eigenvalue weighted by atomic mass is 10.1. The Bertz CT molecular complexity index is 828. The Hall–Kier alpha value is -2.96. The molecular weight excluding hydrogens is 323 g/mol. The Morgan fingerprint density at radius 1 is 1.32 bits per heavy atom. The van der Waals surface area contributed by atoms with Crippen molar-refractivity contribution in [1.82, 2.24) is 14.9 Å². The summed E-state index contributed by atoms with van der Waals surface area (Å²) in [5, 5.41) is 5.33. The van der Waals surface area contributed by atoms with Crippen molar-refractivity contribution in [3.8, 4) is 0 Å². The molecule has 2 heterocycles. The van der Waals surface area contributed by atoms with Crippen LogP contribution in [0.4, 0.5) is 10.1 Å². The molecule has 2 N–H and O–H groups in total. The molecule has 3 rings (SSSR count). The molecule has 0 aliphatic carbocycles. The monoisotopic (exact) mass is 342 g/mol. The number of aromatic nitrogens is 2. The van der Waals surface area contributed by atoms with E-state index in [1.807, 2.05) is 0 Å². The largest absolute Gasteiger partial charge is 0.347 e. The second kappa shape index (κ2) is 7.29. The van der Waals surface area contributed by atoms with Crippen LogP contribution in [0.15, 0.2) is 36.9 Å². The van der Waals surface area contributed by atoms with Gasteiger partial charge in [-0.1, -0.05) is 12.1 Å². The maximum Gasteiger partial charge on any atom is 0.291 e. The molecule has 130 valence electrons. The first-order valence-corrected chi connectivity index (χ1v) is 8.15. The summed E-state index contributed by atoms with van der Waals surface area (Å²) < 4.78 is 15.1. The van der Waals surface area contributed by atoms with Crippen LogP contribution in [0.5, 0.6) is 0 Å². The van der Waals surface area contributed by atoms with Crippen molar-refractivity contribution in [1.29, 1.82) is 0 Å². The fraction of sp³-hybridized carbons (Fsp3) is 0.278. The molecule has 0 fully saturated rings. The van der Waals surface area contributed by atoms with Gasteiger partial charge in [0, 0.05) is 18.8 Å². The van der Waals surface area contributed by atoms with Gasteiger partial charge < -0.3 is 15.2 Å². The van der Waals surface area contributed by atoms with E-state index < -0.39 is 11.7 Å². The second-order valence-corrected chi connectivity index (χ2v) is 5.80. The third kappa shape index (κ3) is 3.60.